The molecule has 3 aromatic rings. The first-order valence-corrected chi connectivity index (χ1v) is 6.85. The highest BCUT2D eigenvalue weighted by molar-refractivity contribution is 5.42. The topological polar surface area (TPSA) is 95.5 Å². The molecule has 0 bridgehead atoms. The first-order chi connectivity index (χ1) is 11.0. The molecule has 3 aromatic heterocycles. The van der Waals surface area contributed by atoms with Crippen molar-refractivity contribution in [2.45, 2.75) is 20.0 Å². The Hall–Kier alpha value is -2.84. The number of hydrogen-bond acceptors (Lipinski definition) is 5. The maximum absolute atomic E-state index is 12.2. The molecule has 0 aliphatic carbocycles. The van der Waals surface area contributed by atoms with Crippen LogP contribution in [-0.2, 0) is 27.1 Å². The maximum atomic E-state index is 12.2. The predicted octanol–water partition coefficient (Wildman–Crippen LogP) is 0.169. The number of H-pyrrole nitrogens is 1. The third-order valence-corrected chi connectivity index (χ3v) is 3.45. The molecule has 0 atom stereocenters. The van der Waals surface area contributed by atoms with Crippen molar-refractivity contribution in [3.8, 4) is 11.7 Å². The second kappa shape index (κ2) is 5.51. The minimum atomic E-state index is -0.328. The number of nitrogens with zero attached hydrogens (tertiary/aromatic N) is 6. The molecule has 0 aromatic carbocycles. The van der Waals surface area contributed by atoms with Crippen molar-refractivity contribution in [1.82, 2.24) is 34.5 Å². The summed E-state index contributed by atoms with van der Waals surface area (Å²) in [6.45, 7) is 2.25. The van der Waals surface area contributed by atoms with E-state index < -0.39 is 0 Å². The summed E-state index contributed by atoms with van der Waals surface area (Å²) in [5.74, 6) is 0.966. The second-order valence-electron chi connectivity index (χ2n) is 4.88. The first kappa shape index (κ1) is 12.9. The zero-order valence-electron chi connectivity index (χ0n) is 13.6. The fraction of sp³-hybridized carbons (Fsp3) is 0.385. The fourth-order valence-corrected chi connectivity index (χ4v) is 2.36. The van der Waals surface area contributed by atoms with Gasteiger partial charge in [0.2, 0.25) is 5.88 Å². The molecule has 116 valence electrons. The minimum Gasteiger partial charge on any atom is -0.472 e. The summed E-state index contributed by atoms with van der Waals surface area (Å²) in [4.78, 5) is 12.2. The van der Waals surface area contributed by atoms with E-state index in [1.165, 1.54) is 15.6 Å². The average molecular weight is 305 g/mol. The van der Waals surface area contributed by atoms with Gasteiger partial charge in [0.15, 0.2) is 1.41 Å². The molecule has 9 heteroatoms. The van der Waals surface area contributed by atoms with E-state index in [2.05, 4.69) is 15.5 Å². The third-order valence-electron chi connectivity index (χ3n) is 3.45. The van der Waals surface area contributed by atoms with Gasteiger partial charge in [0.05, 0.1) is 0 Å². The Bertz CT molecular complexity index is 889. The van der Waals surface area contributed by atoms with Crippen molar-refractivity contribution >= 4 is 0 Å². The molecule has 0 saturated carbocycles. The Morgan fingerprint density at radius 1 is 1.41 bits per heavy atom. The SMILES string of the molecule is [3H]n1ccc(OCc2c(CC)cn(C)c2-n2nnn(C)c2=O)n1. The summed E-state index contributed by atoms with van der Waals surface area (Å²) in [7, 11) is 3.39. The molecule has 0 unspecified atom stereocenters. The molecule has 0 radical (unpaired) electrons. The van der Waals surface area contributed by atoms with E-state index in [-0.39, 0.29) is 12.3 Å². The first-order valence-electron chi connectivity index (χ1n) is 7.30. The number of hydrogen-bond donors (Lipinski definition) is 1. The van der Waals surface area contributed by atoms with Gasteiger partial charge >= 0.3 is 5.69 Å². The highest BCUT2D eigenvalue weighted by atomic mass is 16.5. The Morgan fingerprint density at radius 3 is 2.82 bits per heavy atom. The Labute approximate surface area is 127 Å². The van der Waals surface area contributed by atoms with Crippen LogP contribution in [0.5, 0.6) is 5.88 Å². The van der Waals surface area contributed by atoms with Crippen LogP contribution in [0.15, 0.2) is 23.3 Å². The lowest BCUT2D eigenvalue weighted by atomic mass is 10.1. The Morgan fingerprint density at radius 2 is 2.23 bits per heavy atom. The number of rotatable bonds is 5. The quantitative estimate of drug-likeness (QED) is 0.725. The van der Waals surface area contributed by atoms with Gasteiger partial charge in [0, 0.05) is 38.1 Å². The van der Waals surface area contributed by atoms with Crippen molar-refractivity contribution in [2.24, 2.45) is 14.1 Å². The van der Waals surface area contributed by atoms with Gasteiger partial charge in [-0.2, -0.15) is 4.68 Å². The van der Waals surface area contributed by atoms with E-state index in [1.807, 2.05) is 24.7 Å². The molecule has 9 nitrogen and oxygen atoms in total. The van der Waals surface area contributed by atoms with Crippen LogP contribution in [0.25, 0.3) is 5.82 Å². The zero-order valence-corrected chi connectivity index (χ0v) is 12.6. The van der Waals surface area contributed by atoms with Gasteiger partial charge in [0.1, 0.15) is 12.4 Å². The largest absolute Gasteiger partial charge is 0.472 e. The second-order valence-corrected chi connectivity index (χ2v) is 4.88. The fourth-order valence-electron chi connectivity index (χ4n) is 2.36. The molecular formula is C13H17N7O2. The summed E-state index contributed by atoms with van der Waals surface area (Å²) < 4.78 is 17.2. The maximum Gasteiger partial charge on any atom is 0.369 e. The van der Waals surface area contributed by atoms with E-state index in [0.717, 1.165) is 22.6 Å². The molecule has 0 spiro atoms. The molecule has 1 N–H and O–H groups in total. The van der Waals surface area contributed by atoms with Gasteiger partial charge in [-0.25, -0.2) is 4.79 Å². The van der Waals surface area contributed by atoms with Crippen LogP contribution in [0.3, 0.4) is 0 Å². The molecule has 0 aliphatic heterocycles. The monoisotopic (exact) mass is 305 g/mol. The van der Waals surface area contributed by atoms with Gasteiger partial charge in [-0.15, -0.1) is 9.78 Å². The molecule has 22 heavy (non-hydrogen) atoms. The lowest BCUT2D eigenvalue weighted by molar-refractivity contribution is 0.291. The molecule has 3 rings (SSSR count). The van der Waals surface area contributed by atoms with Gasteiger partial charge in [-0.05, 0) is 22.4 Å². The van der Waals surface area contributed by atoms with Crippen molar-refractivity contribution in [3.05, 3.63) is 40.1 Å². The lowest BCUT2D eigenvalue weighted by Gasteiger charge is -2.07. The number of tetrazole rings is 1. The van der Waals surface area contributed by atoms with Crippen LogP contribution in [-0.4, -0.2) is 34.5 Å². The molecule has 0 amide bonds. The molecular weight excluding hydrogens is 286 g/mol. The summed E-state index contributed by atoms with van der Waals surface area (Å²) in [5.41, 5.74) is 1.56. The zero-order chi connectivity index (χ0) is 16.6. The van der Waals surface area contributed by atoms with Gasteiger partial charge < -0.3 is 9.30 Å². The number of aryl methyl sites for hydroxylation is 3. The van der Waals surface area contributed by atoms with Crippen molar-refractivity contribution < 1.29 is 6.15 Å². The van der Waals surface area contributed by atoms with Crippen molar-refractivity contribution in [3.63, 3.8) is 0 Å². The van der Waals surface area contributed by atoms with Crippen LogP contribution >= 0.6 is 0 Å². The summed E-state index contributed by atoms with van der Waals surface area (Å²) in [6, 6.07) is 1.61. The summed E-state index contributed by atoms with van der Waals surface area (Å²) >= 11 is 0. The lowest BCUT2D eigenvalue weighted by Crippen LogP contribution is -2.24. The van der Waals surface area contributed by atoms with E-state index in [1.54, 1.807) is 13.1 Å². The molecule has 3 heterocycles. The van der Waals surface area contributed by atoms with Gasteiger partial charge in [-0.1, -0.05) is 6.92 Å². The van der Waals surface area contributed by atoms with E-state index in [9.17, 15) is 4.79 Å². The van der Waals surface area contributed by atoms with Crippen molar-refractivity contribution in [1.29, 1.82) is 0 Å². The summed E-state index contributed by atoms with van der Waals surface area (Å²) in [6.07, 6.45) is 4.21. The standard InChI is InChI=1S/C13H17N7O2/c1-4-9-7-18(2)12(20-13(21)19(3)16-17-20)10(9)8-22-11-5-6-14-15-11/h5-7H,4,8H2,1-3H3,(H,14,15)/i/hT. The Kier molecular flexibility index (Phi) is 3.22. The van der Waals surface area contributed by atoms with E-state index in [0.29, 0.717) is 11.7 Å². The van der Waals surface area contributed by atoms with Gasteiger partial charge in [-0.3, -0.25) is 5.09 Å². The molecule has 0 aliphatic rings. The van der Waals surface area contributed by atoms with E-state index >= 15 is 0 Å². The Balaban J connectivity index is 2.01. The molecule has 0 saturated heterocycles. The van der Waals surface area contributed by atoms with Crippen LogP contribution in [0, 0.1) is 0 Å². The number of ether oxygens (including phenoxy) is 1. The van der Waals surface area contributed by atoms with Crippen LogP contribution in [0.2, 0.25) is 1.41 Å². The third kappa shape index (κ3) is 2.30. The predicted molar refractivity (Wildman–Crippen MR) is 77.9 cm³/mol. The summed E-state index contributed by atoms with van der Waals surface area (Å²) in [5, 5.41) is 12.5. The van der Waals surface area contributed by atoms with Crippen molar-refractivity contribution in [2.75, 3.05) is 0 Å². The van der Waals surface area contributed by atoms with Crippen LogP contribution in [0.4, 0.5) is 0 Å². The normalized spacial score (nSPS) is 11.7. The van der Waals surface area contributed by atoms with E-state index in [4.69, 9.17) is 6.15 Å². The smallest absolute Gasteiger partial charge is 0.369 e. The number of aromatic amines is 1. The minimum absolute atomic E-state index is 0.222. The number of aromatic nitrogens is 7. The average Bonchev–Trinajstić information content (AvgIpc) is 3.17. The van der Waals surface area contributed by atoms with Crippen LogP contribution < -0.4 is 10.4 Å². The van der Waals surface area contributed by atoms with Gasteiger partial charge in [0.25, 0.3) is 0 Å². The molecule has 0 fully saturated rings. The van der Waals surface area contributed by atoms with Crippen LogP contribution in [0.1, 0.15) is 18.1 Å². The highest BCUT2D eigenvalue weighted by Crippen LogP contribution is 2.21. The number of nitrogens with one attached hydrogen (secondary N) is 1. The highest BCUT2D eigenvalue weighted by Gasteiger charge is 2.19.